The number of hydrogen-bond acceptors (Lipinski definition) is 3. The van der Waals surface area contributed by atoms with Crippen LogP contribution in [0, 0.1) is 5.92 Å². The first kappa shape index (κ1) is 11.5. The zero-order chi connectivity index (χ0) is 9.68. The summed E-state index contributed by atoms with van der Waals surface area (Å²) in [5.41, 5.74) is 1.48. The highest BCUT2D eigenvalue weighted by molar-refractivity contribution is 8.22. The van der Waals surface area contributed by atoms with Crippen molar-refractivity contribution < 1.29 is 5.11 Å². The SMILES string of the molecule is CC(=C1SCCCS1)[C@H](C)CCO. The summed E-state index contributed by atoms with van der Waals surface area (Å²) < 4.78 is 1.51. The lowest BCUT2D eigenvalue weighted by atomic mass is 10.0. The first-order valence-corrected chi connectivity index (χ1v) is 6.80. The summed E-state index contributed by atoms with van der Waals surface area (Å²) in [5, 5.41) is 8.85. The highest BCUT2D eigenvalue weighted by atomic mass is 32.2. The predicted molar refractivity (Wildman–Crippen MR) is 63.1 cm³/mol. The number of aliphatic hydroxyl groups is 1. The van der Waals surface area contributed by atoms with Crippen LogP contribution in [-0.4, -0.2) is 23.2 Å². The molecule has 1 nitrogen and oxygen atoms in total. The Morgan fingerprint density at radius 1 is 1.46 bits per heavy atom. The Labute approximate surface area is 89.4 Å². The van der Waals surface area contributed by atoms with Gasteiger partial charge in [-0.2, -0.15) is 0 Å². The topological polar surface area (TPSA) is 20.2 Å². The molecule has 76 valence electrons. The first-order valence-electron chi connectivity index (χ1n) is 4.83. The normalized spacial score (nSPS) is 20.1. The fourth-order valence-corrected chi connectivity index (χ4v) is 4.09. The largest absolute Gasteiger partial charge is 0.396 e. The number of rotatable bonds is 3. The van der Waals surface area contributed by atoms with Crippen molar-refractivity contribution in [3.8, 4) is 0 Å². The van der Waals surface area contributed by atoms with Crippen LogP contribution < -0.4 is 0 Å². The minimum absolute atomic E-state index is 0.307. The third-order valence-electron chi connectivity index (χ3n) is 2.38. The molecule has 0 radical (unpaired) electrons. The Balaban J connectivity index is 2.54. The molecule has 0 saturated carbocycles. The van der Waals surface area contributed by atoms with Crippen LogP contribution in [0.15, 0.2) is 9.81 Å². The molecule has 0 aromatic carbocycles. The standard InChI is InChI=1S/C10H18OS2/c1-8(4-5-11)9(2)10-12-6-3-7-13-10/h8,11H,3-7H2,1-2H3/t8-/m1/s1. The minimum atomic E-state index is 0.307. The van der Waals surface area contributed by atoms with Gasteiger partial charge in [-0.1, -0.05) is 12.5 Å². The molecule has 1 N–H and O–H groups in total. The van der Waals surface area contributed by atoms with Crippen molar-refractivity contribution in [2.24, 2.45) is 5.92 Å². The van der Waals surface area contributed by atoms with Crippen LogP contribution in [0.5, 0.6) is 0 Å². The van der Waals surface area contributed by atoms with Gasteiger partial charge in [0.25, 0.3) is 0 Å². The highest BCUT2D eigenvalue weighted by Crippen LogP contribution is 2.39. The molecule has 1 rings (SSSR count). The van der Waals surface area contributed by atoms with E-state index in [4.69, 9.17) is 5.11 Å². The smallest absolute Gasteiger partial charge is 0.0436 e. The number of thioether (sulfide) groups is 2. The van der Waals surface area contributed by atoms with Gasteiger partial charge in [0, 0.05) is 10.8 Å². The van der Waals surface area contributed by atoms with Gasteiger partial charge in [-0.3, -0.25) is 0 Å². The summed E-state index contributed by atoms with van der Waals surface area (Å²) in [6.45, 7) is 4.72. The molecule has 0 spiro atoms. The maximum atomic E-state index is 8.85. The summed E-state index contributed by atoms with van der Waals surface area (Å²) >= 11 is 3.97. The van der Waals surface area contributed by atoms with Gasteiger partial charge in [0.1, 0.15) is 0 Å². The summed E-state index contributed by atoms with van der Waals surface area (Å²) in [7, 11) is 0. The monoisotopic (exact) mass is 218 g/mol. The molecule has 1 aliphatic rings. The Kier molecular flexibility index (Phi) is 5.29. The molecule has 1 atom stereocenters. The van der Waals surface area contributed by atoms with Gasteiger partial charge in [0.15, 0.2) is 0 Å². The van der Waals surface area contributed by atoms with Crippen molar-refractivity contribution in [1.82, 2.24) is 0 Å². The molecule has 0 bridgehead atoms. The molecule has 0 aliphatic carbocycles. The van der Waals surface area contributed by atoms with Crippen molar-refractivity contribution in [2.75, 3.05) is 18.1 Å². The molecule has 3 heteroatoms. The lowest BCUT2D eigenvalue weighted by molar-refractivity contribution is 0.271. The Morgan fingerprint density at radius 3 is 2.62 bits per heavy atom. The van der Waals surface area contributed by atoms with Gasteiger partial charge >= 0.3 is 0 Å². The van der Waals surface area contributed by atoms with Crippen LogP contribution in [0.3, 0.4) is 0 Å². The molecular formula is C10H18OS2. The van der Waals surface area contributed by atoms with E-state index in [1.165, 1.54) is 27.7 Å². The van der Waals surface area contributed by atoms with E-state index in [9.17, 15) is 0 Å². The first-order chi connectivity index (χ1) is 6.25. The van der Waals surface area contributed by atoms with E-state index in [-0.39, 0.29) is 0 Å². The molecule has 1 aliphatic heterocycles. The molecule has 1 saturated heterocycles. The van der Waals surface area contributed by atoms with E-state index in [0.29, 0.717) is 12.5 Å². The van der Waals surface area contributed by atoms with Crippen molar-refractivity contribution >= 4 is 23.5 Å². The van der Waals surface area contributed by atoms with Crippen molar-refractivity contribution in [3.05, 3.63) is 9.81 Å². The van der Waals surface area contributed by atoms with Gasteiger partial charge < -0.3 is 5.11 Å². The van der Waals surface area contributed by atoms with E-state index in [0.717, 1.165) is 6.42 Å². The van der Waals surface area contributed by atoms with E-state index >= 15 is 0 Å². The van der Waals surface area contributed by atoms with Crippen LogP contribution in [0.25, 0.3) is 0 Å². The van der Waals surface area contributed by atoms with Gasteiger partial charge in [-0.05, 0) is 37.2 Å². The van der Waals surface area contributed by atoms with Crippen LogP contribution in [0.2, 0.25) is 0 Å². The average Bonchev–Trinajstić information content (AvgIpc) is 2.18. The van der Waals surface area contributed by atoms with Crippen molar-refractivity contribution in [3.63, 3.8) is 0 Å². The second kappa shape index (κ2) is 5.99. The molecular weight excluding hydrogens is 200 g/mol. The van der Waals surface area contributed by atoms with E-state index in [1.54, 1.807) is 0 Å². The lowest BCUT2D eigenvalue weighted by Gasteiger charge is -2.19. The second-order valence-electron chi connectivity index (χ2n) is 3.43. The van der Waals surface area contributed by atoms with Gasteiger partial charge in [0.05, 0.1) is 0 Å². The highest BCUT2D eigenvalue weighted by Gasteiger charge is 2.13. The molecule has 0 aromatic rings. The van der Waals surface area contributed by atoms with Crippen LogP contribution in [0.4, 0.5) is 0 Å². The molecule has 0 aromatic heterocycles. The Morgan fingerprint density at radius 2 is 2.08 bits per heavy atom. The van der Waals surface area contributed by atoms with E-state index in [2.05, 4.69) is 13.8 Å². The maximum absolute atomic E-state index is 8.85. The molecule has 1 heterocycles. The lowest BCUT2D eigenvalue weighted by Crippen LogP contribution is -2.03. The van der Waals surface area contributed by atoms with Gasteiger partial charge in [0.2, 0.25) is 0 Å². The molecule has 13 heavy (non-hydrogen) atoms. The van der Waals surface area contributed by atoms with E-state index in [1.807, 2.05) is 23.5 Å². The van der Waals surface area contributed by atoms with Gasteiger partial charge in [-0.15, -0.1) is 23.5 Å². The fraction of sp³-hybridized carbons (Fsp3) is 0.800. The van der Waals surface area contributed by atoms with Crippen LogP contribution in [-0.2, 0) is 0 Å². The van der Waals surface area contributed by atoms with Crippen LogP contribution >= 0.6 is 23.5 Å². The van der Waals surface area contributed by atoms with Crippen molar-refractivity contribution in [2.45, 2.75) is 26.7 Å². The second-order valence-corrected chi connectivity index (χ2v) is 5.90. The summed E-state index contributed by atoms with van der Waals surface area (Å²) in [6, 6.07) is 0. The molecule has 0 unspecified atom stereocenters. The quantitative estimate of drug-likeness (QED) is 0.786. The average molecular weight is 218 g/mol. The fourth-order valence-electron chi connectivity index (χ4n) is 1.27. The number of hydrogen-bond donors (Lipinski definition) is 1. The van der Waals surface area contributed by atoms with E-state index < -0.39 is 0 Å². The zero-order valence-corrected chi connectivity index (χ0v) is 10.0. The zero-order valence-electron chi connectivity index (χ0n) is 8.38. The Bertz CT molecular complexity index is 181. The van der Waals surface area contributed by atoms with Crippen LogP contribution in [0.1, 0.15) is 26.7 Å². The maximum Gasteiger partial charge on any atom is 0.0436 e. The minimum Gasteiger partial charge on any atom is -0.396 e. The molecule has 0 amide bonds. The molecule has 1 fully saturated rings. The van der Waals surface area contributed by atoms with Gasteiger partial charge in [-0.25, -0.2) is 0 Å². The third-order valence-corrected chi connectivity index (χ3v) is 5.24. The van der Waals surface area contributed by atoms with Crippen molar-refractivity contribution in [1.29, 1.82) is 0 Å². The Hall–Kier alpha value is 0.400. The number of aliphatic hydroxyl groups excluding tert-OH is 1. The third kappa shape index (κ3) is 3.56. The summed E-state index contributed by atoms with van der Waals surface area (Å²) in [5.74, 6) is 3.08. The summed E-state index contributed by atoms with van der Waals surface area (Å²) in [4.78, 5) is 0. The summed E-state index contributed by atoms with van der Waals surface area (Å²) in [6.07, 6.45) is 2.23. The predicted octanol–water partition coefficient (Wildman–Crippen LogP) is 3.11. The number of allylic oxidation sites excluding steroid dienone is 1.